The second-order valence-corrected chi connectivity index (χ2v) is 2.81. The van der Waals surface area contributed by atoms with Crippen molar-refractivity contribution in [3.05, 3.63) is 0 Å². The van der Waals surface area contributed by atoms with Crippen LogP contribution in [0, 0.1) is 5.41 Å². The van der Waals surface area contributed by atoms with E-state index in [0.29, 0.717) is 26.2 Å². The lowest BCUT2D eigenvalue weighted by atomic mass is 10.4. The van der Waals surface area contributed by atoms with Crippen molar-refractivity contribution < 1.29 is 9.47 Å². The van der Waals surface area contributed by atoms with Crippen molar-refractivity contribution >= 4 is 5.84 Å². The maximum atomic E-state index is 6.91. The van der Waals surface area contributed by atoms with Crippen molar-refractivity contribution in [1.29, 1.82) is 5.41 Å². The molecule has 0 aliphatic heterocycles. The first-order chi connectivity index (χ1) is 5.63. The van der Waals surface area contributed by atoms with Crippen LogP contribution in [0.1, 0.15) is 20.3 Å². The topological polar surface area (TPSA) is 68.3 Å². The number of ether oxygens (including phenoxy) is 2. The molecule has 3 N–H and O–H groups in total. The minimum Gasteiger partial charge on any atom is -0.388 e. The summed E-state index contributed by atoms with van der Waals surface area (Å²) in [6.07, 6.45) is 0.753. The van der Waals surface area contributed by atoms with Crippen molar-refractivity contribution in [1.82, 2.24) is 0 Å². The molecule has 0 fully saturated rings. The second kappa shape index (κ2) is 7.06. The molecule has 0 heterocycles. The van der Waals surface area contributed by atoms with Gasteiger partial charge in [-0.15, -0.1) is 0 Å². The van der Waals surface area contributed by atoms with Crippen LogP contribution in [0.4, 0.5) is 0 Å². The highest BCUT2D eigenvalue weighted by Crippen LogP contribution is 1.88. The Balaban J connectivity index is 2.96. The Labute approximate surface area is 73.5 Å². The zero-order chi connectivity index (χ0) is 9.40. The summed E-state index contributed by atoms with van der Waals surface area (Å²) < 4.78 is 10.4. The largest absolute Gasteiger partial charge is 0.388 e. The van der Waals surface area contributed by atoms with Gasteiger partial charge < -0.3 is 15.2 Å². The first-order valence-corrected chi connectivity index (χ1v) is 4.15. The molecule has 0 aromatic heterocycles. The summed E-state index contributed by atoms with van der Waals surface area (Å²) in [6.45, 7) is 5.66. The Bertz CT molecular complexity index is 126. The Hall–Kier alpha value is -0.610. The van der Waals surface area contributed by atoms with Gasteiger partial charge in [-0.25, -0.2) is 0 Å². The van der Waals surface area contributed by atoms with Gasteiger partial charge in [0.1, 0.15) is 0 Å². The average molecular weight is 174 g/mol. The molecule has 0 rings (SSSR count). The molecule has 72 valence electrons. The zero-order valence-corrected chi connectivity index (χ0v) is 7.80. The number of nitrogens with two attached hydrogens (primary N) is 1. The van der Waals surface area contributed by atoms with Crippen LogP contribution in [0.3, 0.4) is 0 Å². The normalized spacial score (nSPS) is 10.6. The standard InChI is InChI=1S/C8H18N2O2/c1-7(2)12-6-5-11-4-3-8(9)10/h7H,3-6H2,1-2H3,(H3,9,10). The Morgan fingerprint density at radius 3 is 2.50 bits per heavy atom. The summed E-state index contributed by atoms with van der Waals surface area (Å²) in [5.41, 5.74) is 5.13. The van der Waals surface area contributed by atoms with Gasteiger partial charge in [-0.2, -0.15) is 0 Å². The van der Waals surface area contributed by atoms with Crippen molar-refractivity contribution in [2.45, 2.75) is 26.4 Å². The van der Waals surface area contributed by atoms with E-state index in [4.69, 9.17) is 20.6 Å². The summed E-state index contributed by atoms with van der Waals surface area (Å²) in [5.74, 6) is 0.166. The number of nitrogens with one attached hydrogen (secondary N) is 1. The molecule has 0 saturated heterocycles. The minimum atomic E-state index is 0.166. The molecule has 0 aromatic carbocycles. The molecule has 12 heavy (non-hydrogen) atoms. The number of hydrogen-bond donors (Lipinski definition) is 2. The van der Waals surface area contributed by atoms with Gasteiger partial charge in [-0.1, -0.05) is 0 Å². The van der Waals surface area contributed by atoms with Crippen molar-refractivity contribution in [3.63, 3.8) is 0 Å². The molecule has 0 spiro atoms. The van der Waals surface area contributed by atoms with Crippen molar-refractivity contribution in [2.24, 2.45) is 5.73 Å². The fourth-order valence-electron chi connectivity index (χ4n) is 0.627. The number of hydrogen-bond acceptors (Lipinski definition) is 3. The quantitative estimate of drug-likeness (QED) is 0.340. The fraction of sp³-hybridized carbons (Fsp3) is 0.875. The molecule has 0 aliphatic rings. The monoisotopic (exact) mass is 174 g/mol. The van der Waals surface area contributed by atoms with E-state index in [-0.39, 0.29) is 11.9 Å². The maximum absolute atomic E-state index is 6.91. The molecule has 0 aliphatic carbocycles. The van der Waals surface area contributed by atoms with E-state index in [0.717, 1.165) is 0 Å². The molecule has 0 bridgehead atoms. The van der Waals surface area contributed by atoms with Crippen molar-refractivity contribution in [3.8, 4) is 0 Å². The molecule has 0 aromatic rings. The lowest BCUT2D eigenvalue weighted by molar-refractivity contribution is 0.0213. The highest BCUT2D eigenvalue weighted by molar-refractivity contribution is 5.76. The molecular weight excluding hydrogens is 156 g/mol. The third-order valence-corrected chi connectivity index (χ3v) is 1.19. The van der Waals surface area contributed by atoms with Crippen LogP contribution in [0.5, 0.6) is 0 Å². The summed E-state index contributed by atoms with van der Waals surface area (Å²) in [5, 5.41) is 6.91. The van der Waals surface area contributed by atoms with Crippen LogP contribution < -0.4 is 5.73 Å². The van der Waals surface area contributed by atoms with Gasteiger partial charge in [-0.3, -0.25) is 5.41 Å². The smallest absolute Gasteiger partial charge is 0.0928 e. The van der Waals surface area contributed by atoms with E-state index in [9.17, 15) is 0 Å². The molecule has 0 radical (unpaired) electrons. The van der Waals surface area contributed by atoms with E-state index < -0.39 is 0 Å². The van der Waals surface area contributed by atoms with Gasteiger partial charge in [0, 0.05) is 6.42 Å². The molecule has 0 saturated carbocycles. The maximum Gasteiger partial charge on any atom is 0.0928 e. The third kappa shape index (κ3) is 9.39. The summed E-state index contributed by atoms with van der Waals surface area (Å²) in [7, 11) is 0. The van der Waals surface area contributed by atoms with Gasteiger partial charge in [0.2, 0.25) is 0 Å². The zero-order valence-electron chi connectivity index (χ0n) is 7.80. The van der Waals surface area contributed by atoms with Crippen LogP contribution in [0.15, 0.2) is 0 Å². The molecule has 4 nitrogen and oxygen atoms in total. The van der Waals surface area contributed by atoms with E-state index in [1.165, 1.54) is 0 Å². The SMILES string of the molecule is CC(C)OCCOCCC(=N)N. The molecule has 0 atom stereocenters. The minimum absolute atomic E-state index is 0.166. The molecule has 4 heteroatoms. The van der Waals surface area contributed by atoms with E-state index in [1.54, 1.807) is 0 Å². The van der Waals surface area contributed by atoms with Crippen molar-refractivity contribution in [2.75, 3.05) is 19.8 Å². The number of rotatable bonds is 7. The van der Waals surface area contributed by atoms with Crippen LogP contribution in [-0.2, 0) is 9.47 Å². The van der Waals surface area contributed by atoms with Gasteiger partial charge in [0.05, 0.1) is 31.8 Å². The molecule has 0 unspecified atom stereocenters. The fourth-order valence-corrected chi connectivity index (χ4v) is 0.627. The predicted molar refractivity (Wildman–Crippen MR) is 48.4 cm³/mol. The van der Waals surface area contributed by atoms with Crippen LogP contribution in [0.2, 0.25) is 0 Å². The number of amidine groups is 1. The molecular formula is C8H18N2O2. The van der Waals surface area contributed by atoms with E-state index in [2.05, 4.69) is 0 Å². The summed E-state index contributed by atoms with van der Waals surface area (Å²) >= 11 is 0. The Morgan fingerprint density at radius 1 is 1.33 bits per heavy atom. The summed E-state index contributed by atoms with van der Waals surface area (Å²) in [6, 6.07) is 0. The molecule has 0 amide bonds. The first kappa shape index (κ1) is 11.4. The second-order valence-electron chi connectivity index (χ2n) is 2.81. The van der Waals surface area contributed by atoms with Crippen LogP contribution >= 0.6 is 0 Å². The van der Waals surface area contributed by atoms with Gasteiger partial charge >= 0.3 is 0 Å². The van der Waals surface area contributed by atoms with Crippen LogP contribution in [-0.4, -0.2) is 31.8 Å². The Morgan fingerprint density at radius 2 is 2.00 bits per heavy atom. The summed E-state index contributed by atoms with van der Waals surface area (Å²) in [4.78, 5) is 0. The van der Waals surface area contributed by atoms with Gasteiger partial charge in [0.25, 0.3) is 0 Å². The van der Waals surface area contributed by atoms with Gasteiger partial charge in [0.15, 0.2) is 0 Å². The lowest BCUT2D eigenvalue weighted by Crippen LogP contribution is -2.15. The highest BCUT2D eigenvalue weighted by Gasteiger charge is 1.93. The first-order valence-electron chi connectivity index (χ1n) is 4.15. The van der Waals surface area contributed by atoms with E-state index >= 15 is 0 Å². The lowest BCUT2D eigenvalue weighted by Gasteiger charge is -2.07. The third-order valence-electron chi connectivity index (χ3n) is 1.19. The predicted octanol–water partition coefficient (Wildman–Crippen LogP) is 0.754. The highest BCUT2D eigenvalue weighted by atomic mass is 16.5. The van der Waals surface area contributed by atoms with E-state index in [1.807, 2.05) is 13.8 Å². The van der Waals surface area contributed by atoms with Gasteiger partial charge in [-0.05, 0) is 13.8 Å². The Kier molecular flexibility index (Phi) is 6.70. The average Bonchev–Trinajstić information content (AvgIpc) is 1.95. The van der Waals surface area contributed by atoms with Crippen LogP contribution in [0.25, 0.3) is 0 Å².